The van der Waals surface area contributed by atoms with Crippen molar-refractivity contribution in [2.24, 2.45) is 0 Å². The van der Waals surface area contributed by atoms with E-state index >= 15 is 0 Å². The number of fused-ring (bicyclic) bond motifs is 2. The summed E-state index contributed by atoms with van der Waals surface area (Å²) in [7, 11) is 0. The van der Waals surface area contributed by atoms with Crippen LogP contribution in [0.15, 0.2) is 18.2 Å². The van der Waals surface area contributed by atoms with Crippen LogP contribution in [0.5, 0.6) is 0 Å². The highest BCUT2D eigenvalue weighted by Crippen LogP contribution is 2.36. The minimum Gasteiger partial charge on any atom is -0.379 e. The number of hydrogen-bond acceptors (Lipinski definition) is 4. The average Bonchev–Trinajstić information content (AvgIpc) is 3.35. The van der Waals surface area contributed by atoms with Crippen LogP contribution in [0.3, 0.4) is 0 Å². The van der Waals surface area contributed by atoms with Crippen molar-refractivity contribution in [3.05, 3.63) is 51.3 Å². The summed E-state index contributed by atoms with van der Waals surface area (Å²) in [6.45, 7) is 4.87. The summed E-state index contributed by atoms with van der Waals surface area (Å²) < 4.78 is 5.37. The van der Waals surface area contributed by atoms with Gasteiger partial charge in [0.05, 0.1) is 18.8 Å². The van der Waals surface area contributed by atoms with Crippen LogP contribution in [0.25, 0.3) is 11.6 Å². The maximum Gasteiger partial charge on any atom is 0.256 e. The number of anilines is 1. The van der Waals surface area contributed by atoms with Crippen LogP contribution >= 0.6 is 11.6 Å². The molecule has 8 heteroatoms. The van der Waals surface area contributed by atoms with E-state index in [1.165, 1.54) is 11.3 Å². The normalized spacial score (nSPS) is 19.1. The van der Waals surface area contributed by atoms with Gasteiger partial charge in [0, 0.05) is 60.3 Å². The number of rotatable bonds is 7. The molecule has 0 spiro atoms. The second-order valence-corrected chi connectivity index (χ2v) is 9.62. The molecule has 5 rings (SSSR count). The third-order valence-corrected chi connectivity index (χ3v) is 7.19. The molecule has 2 amide bonds. The minimum atomic E-state index is -0.128. The van der Waals surface area contributed by atoms with Crippen molar-refractivity contribution in [3.63, 3.8) is 0 Å². The van der Waals surface area contributed by atoms with E-state index in [1.807, 2.05) is 18.2 Å². The second-order valence-electron chi connectivity index (χ2n) is 9.19. The molecule has 0 atom stereocenters. The van der Waals surface area contributed by atoms with Crippen LogP contribution in [0.4, 0.5) is 5.69 Å². The van der Waals surface area contributed by atoms with Gasteiger partial charge in [-0.2, -0.15) is 0 Å². The van der Waals surface area contributed by atoms with Gasteiger partial charge in [-0.3, -0.25) is 14.5 Å². The van der Waals surface area contributed by atoms with Gasteiger partial charge in [-0.05, 0) is 67.5 Å². The van der Waals surface area contributed by atoms with Gasteiger partial charge in [0.1, 0.15) is 0 Å². The molecule has 0 saturated carbocycles. The van der Waals surface area contributed by atoms with E-state index in [0.29, 0.717) is 30.0 Å². The Labute approximate surface area is 204 Å². The number of nitrogens with zero attached hydrogens (tertiary/aromatic N) is 1. The van der Waals surface area contributed by atoms with Gasteiger partial charge in [0.2, 0.25) is 5.91 Å². The molecule has 3 heterocycles. The number of benzene rings is 1. The topological polar surface area (TPSA) is 86.5 Å². The Morgan fingerprint density at radius 3 is 2.88 bits per heavy atom. The number of carbonyl (C=O) groups excluding carboxylic acids is 2. The summed E-state index contributed by atoms with van der Waals surface area (Å²) in [5, 5.41) is 6.58. The van der Waals surface area contributed by atoms with E-state index in [1.54, 1.807) is 6.07 Å². The van der Waals surface area contributed by atoms with Crippen molar-refractivity contribution >= 4 is 40.8 Å². The first kappa shape index (κ1) is 23.1. The smallest absolute Gasteiger partial charge is 0.256 e. The lowest BCUT2D eigenvalue weighted by atomic mass is 9.92. The highest BCUT2D eigenvalue weighted by molar-refractivity contribution is 6.36. The molecule has 1 aromatic carbocycles. The lowest BCUT2D eigenvalue weighted by Crippen LogP contribution is -2.41. The minimum absolute atomic E-state index is 0.0633. The van der Waals surface area contributed by atoms with E-state index in [9.17, 15) is 9.59 Å². The van der Waals surface area contributed by atoms with Crippen LogP contribution in [0, 0.1) is 0 Å². The highest BCUT2D eigenvalue weighted by atomic mass is 35.5. The van der Waals surface area contributed by atoms with Gasteiger partial charge in [-0.25, -0.2) is 0 Å². The Kier molecular flexibility index (Phi) is 7.04. The van der Waals surface area contributed by atoms with Crippen molar-refractivity contribution in [1.82, 2.24) is 15.2 Å². The number of H-pyrrole nitrogens is 1. The van der Waals surface area contributed by atoms with Crippen molar-refractivity contribution < 1.29 is 14.3 Å². The number of amides is 2. The Morgan fingerprint density at radius 1 is 1.21 bits per heavy atom. The monoisotopic (exact) mass is 482 g/mol. The van der Waals surface area contributed by atoms with E-state index in [2.05, 4.69) is 20.5 Å². The zero-order valence-electron chi connectivity index (χ0n) is 19.3. The fraction of sp³-hybridized carbons (Fsp3) is 0.462. The van der Waals surface area contributed by atoms with Gasteiger partial charge in [-0.15, -0.1) is 0 Å². The van der Waals surface area contributed by atoms with Crippen LogP contribution in [0.1, 0.15) is 47.3 Å². The van der Waals surface area contributed by atoms with Crippen LogP contribution in [0.2, 0.25) is 5.02 Å². The quantitative estimate of drug-likeness (QED) is 0.528. The van der Waals surface area contributed by atoms with Crippen LogP contribution < -0.4 is 10.6 Å². The number of morpholine rings is 1. The SMILES string of the molecule is O=C(CCc1c(/C=C2\C(=O)Nc3ccc(Cl)cc32)[nH]c2c1CCCC2)NCCN1CCOCC1. The fourth-order valence-corrected chi connectivity index (χ4v) is 5.31. The molecule has 0 unspecified atom stereocenters. The van der Waals surface area contributed by atoms with Gasteiger partial charge in [-0.1, -0.05) is 11.6 Å². The maximum absolute atomic E-state index is 12.7. The molecule has 180 valence electrons. The van der Waals surface area contributed by atoms with Gasteiger partial charge < -0.3 is 20.4 Å². The van der Waals surface area contributed by atoms with Crippen LogP contribution in [-0.2, 0) is 33.6 Å². The maximum atomic E-state index is 12.7. The summed E-state index contributed by atoms with van der Waals surface area (Å²) in [6.07, 6.45) is 7.34. The molecule has 3 aliphatic rings. The molecular weight excluding hydrogens is 452 g/mol. The number of hydrogen-bond donors (Lipinski definition) is 3. The largest absolute Gasteiger partial charge is 0.379 e. The van der Waals surface area contributed by atoms with E-state index < -0.39 is 0 Å². The molecule has 7 nitrogen and oxygen atoms in total. The standard InChI is InChI=1S/C26H31ClN4O3/c27-17-5-7-23-20(15-17)21(26(33)30-23)16-24-19(18-3-1-2-4-22(18)29-24)6-8-25(32)28-9-10-31-11-13-34-14-12-31/h5,7,15-16,29H,1-4,6,8-14H2,(H,28,32)(H,30,33)/b21-16-. The Balaban J connectivity index is 1.30. The molecule has 1 aliphatic carbocycles. The van der Waals surface area contributed by atoms with Gasteiger partial charge >= 0.3 is 0 Å². The summed E-state index contributed by atoms with van der Waals surface area (Å²) in [5.74, 6) is -0.0648. The number of aromatic amines is 1. The molecular formula is C26H31ClN4O3. The molecule has 3 N–H and O–H groups in total. The molecule has 2 aliphatic heterocycles. The predicted molar refractivity (Wildman–Crippen MR) is 134 cm³/mol. The number of aromatic nitrogens is 1. The zero-order chi connectivity index (χ0) is 23.5. The Morgan fingerprint density at radius 2 is 2.03 bits per heavy atom. The van der Waals surface area contributed by atoms with Crippen molar-refractivity contribution in [3.8, 4) is 0 Å². The number of nitrogens with one attached hydrogen (secondary N) is 3. The van der Waals surface area contributed by atoms with E-state index in [-0.39, 0.29) is 11.8 Å². The van der Waals surface area contributed by atoms with E-state index in [4.69, 9.17) is 16.3 Å². The first-order valence-electron chi connectivity index (χ1n) is 12.2. The zero-order valence-corrected chi connectivity index (χ0v) is 20.1. The van der Waals surface area contributed by atoms with Crippen molar-refractivity contribution in [1.29, 1.82) is 0 Å². The summed E-state index contributed by atoms with van der Waals surface area (Å²) in [6, 6.07) is 5.43. The highest BCUT2D eigenvalue weighted by Gasteiger charge is 2.26. The molecule has 2 aromatic rings. The van der Waals surface area contributed by atoms with Gasteiger partial charge in [0.25, 0.3) is 5.91 Å². The fourth-order valence-electron chi connectivity index (χ4n) is 5.14. The number of carbonyl (C=O) groups is 2. The molecule has 1 fully saturated rings. The first-order chi connectivity index (χ1) is 16.6. The Hall–Kier alpha value is -2.61. The summed E-state index contributed by atoms with van der Waals surface area (Å²) in [4.78, 5) is 31.2. The molecule has 34 heavy (non-hydrogen) atoms. The number of aryl methyl sites for hydroxylation is 1. The Bertz CT molecular complexity index is 1120. The first-order valence-corrected chi connectivity index (χ1v) is 12.6. The van der Waals surface area contributed by atoms with Crippen LogP contribution in [-0.4, -0.2) is 61.1 Å². The molecule has 0 radical (unpaired) electrons. The number of ether oxygens (including phenoxy) is 1. The average molecular weight is 483 g/mol. The van der Waals surface area contributed by atoms with E-state index in [0.717, 1.165) is 81.0 Å². The van der Waals surface area contributed by atoms with Crippen molar-refractivity contribution in [2.45, 2.75) is 38.5 Å². The summed E-state index contributed by atoms with van der Waals surface area (Å²) >= 11 is 6.20. The predicted octanol–water partition coefficient (Wildman–Crippen LogP) is 3.42. The lowest BCUT2D eigenvalue weighted by molar-refractivity contribution is -0.121. The molecule has 1 saturated heterocycles. The third kappa shape index (κ3) is 5.06. The molecule has 0 bridgehead atoms. The van der Waals surface area contributed by atoms with Crippen molar-refractivity contribution in [2.75, 3.05) is 44.7 Å². The lowest BCUT2D eigenvalue weighted by Gasteiger charge is -2.26. The number of halogens is 1. The molecule has 1 aromatic heterocycles. The van der Waals surface area contributed by atoms with Gasteiger partial charge in [0.15, 0.2) is 0 Å². The summed E-state index contributed by atoms with van der Waals surface area (Å²) in [5.41, 5.74) is 6.86. The third-order valence-electron chi connectivity index (χ3n) is 6.95. The second kappa shape index (κ2) is 10.3.